The number of aryl methyl sites for hydroxylation is 2. The molecule has 2 aromatic heterocycles. The molecule has 2 aromatic rings. The fraction of sp³-hybridized carbons (Fsp3) is 0.600. The minimum atomic E-state index is 0.123. The first kappa shape index (κ1) is 17.5. The fourth-order valence-corrected chi connectivity index (χ4v) is 4.37. The van der Waals surface area contributed by atoms with Gasteiger partial charge in [0.15, 0.2) is 0 Å². The minimum Gasteiger partial charge on any atom is -0.372 e. The van der Waals surface area contributed by atoms with Crippen LogP contribution in [0.3, 0.4) is 0 Å². The summed E-state index contributed by atoms with van der Waals surface area (Å²) >= 11 is 0. The summed E-state index contributed by atoms with van der Waals surface area (Å²) < 4.78 is 8.09. The molecular formula is C20H29N5O. The smallest absolute Gasteiger partial charge is 0.128 e. The van der Waals surface area contributed by atoms with E-state index in [1.807, 2.05) is 24.0 Å². The summed E-state index contributed by atoms with van der Waals surface area (Å²) in [5.74, 6) is 1.09. The Labute approximate surface area is 155 Å². The first-order valence-corrected chi connectivity index (χ1v) is 9.67. The molecular weight excluding hydrogens is 326 g/mol. The minimum absolute atomic E-state index is 0.123. The van der Waals surface area contributed by atoms with Gasteiger partial charge in [-0.2, -0.15) is 5.10 Å². The molecule has 4 rings (SSSR count). The average molecular weight is 355 g/mol. The molecule has 1 N–H and O–H groups in total. The molecule has 6 nitrogen and oxygen atoms in total. The predicted octanol–water partition coefficient (Wildman–Crippen LogP) is 2.52. The van der Waals surface area contributed by atoms with Crippen LogP contribution in [-0.2, 0) is 11.8 Å². The van der Waals surface area contributed by atoms with Gasteiger partial charge >= 0.3 is 0 Å². The van der Waals surface area contributed by atoms with Crippen LogP contribution in [0.2, 0.25) is 0 Å². The Hall–Kier alpha value is -1.92. The van der Waals surface area contributed by atoms with Crippen molar-refractivity contribution in [1.82, 2.24) is 20.1 Å². The van der Waals surface area contributed by atoms with Gasteiger partial charge in [-0.05, 0) is 45.2 Å². The summed E-state index contributed by atoms with van der Waals surface area (Å²) in [5.41, 5.74) is 3.58. The van der Waals surface area contributed by atoms with E-state index in [-0.39, 0.29) is 6.10 Å². The molecule has 4 heterocycles. The van der Waals surface area contributed by atoms with Crippen molar-refractivity contribution >= 4 is 5.82 Å². The maximum Gasteiger partial charge on any atom is 0.128 e. The van der Waals surface area contributed by atoms with Gasteiger partial charge in [0.1, 0.15) is 11.9 Å². The van der Waals surface area contributed by atoms with Crippen molar-refractivity contribution < 1.29 is 4.74 Å². The average Bonchev–Trinajstić information content (AvgIpc) is 3.20. The number of ether oxygens (including phenoxy) is 1. The van der Waals surface area contributed by atoms with Crippen LogP contribution < -0.4 is 10.2 Å². The van der Waals surface area contributed by atoms with Crippen molar-refractivity contribution in [1.29, 1.82) is 0 Å². The van der Waals surface area contributed by atoms with Gasteiger partial charge in [-0.3, -0.25) is 4.68 Å². The third kappa shape index (κ3) is 3.35. The second-order valence-electron chi connectivity index (χ2n) is 7.51. The van der Waals surface area contributed by atoms with Crippen LogP contribution in [0.15, 0.2) is 24.4 Å². The Bertz CT molecular complexity index is 736. The van der Waals surface area contributed by atoms with E-state index in [9.17, 15) is 0 Å². The number of rotatable bonds is 4. The topological polar surface area (TPSA) is 55.2 Å². The molecule has 2 aliphatic rings. The third-order valence-electron chi connectivity index (χ3n) is 5.86. The lowest BCUT2D eigenvalue weighted by atomic mass is 9.97. The molecule has 2 saturated heterocycles. The van der Waals surface area contributed by atoms with Gasteiger partial charge in [0.2, 0.25) is 0 Å². The molecule has 0 spiro atoms. The highest BCUT2D eigenvalue weighted by molar-refractivity contribution is 5.38. The SMILES string of the molecule is Cc1nn(C)c(C)c1[C@H]1OCC[C@@H]1NC1CCN(c2ccccn2)CC1. The second-order valence-corrected chi connectivity index (χ2v) is 7.51. The van der Waals surface area contributed by atoms with Crippen molar-refractivity contribution in [3.63, 3.8) is 0 Å². The molecule has 2 aliphatic heterocycles. The molecule has 0 unspecified atom stereocenters. The lowest BCUT2D eigenvalue weighted by Gasteiger charge is -2.35. The van der Waals surface area contributed by atoms with E-state index >= 15 is 0 Å². The summed E-state index contributed by atoms with van der Waals surface area (Å²) in [6, 6.07) is 7.05. The van der Waals surface area contributed by atoms with Crippen molar-refractivity contribution in [3.8, 4) is 0 Å². The van der Waals surface area contributed by atoms with Crippen LogP contribution in [0.25, 0.3) is 0 Å². The standard InChI is InChI=1S/C20H29N5O/c1-14-19(15(2)24(3)23-14)20-17(9-13-26-20)22-16-7-11-25(12-8-16)18-6-4-5-10-21-18/h4-6,10,16-17,20,22H,7-9,11-13H2,1-3H3/t17-,20-/m0/s1. The number of anilines is 1. The summed E-state index contributed by atoms with van der Waals surface area (Å²) in [6.45, 7) is 7.16. The van der Waals surface area contributed by atoms with Gasteiger partial charge in [0.05, 0.1) is 5.69 Å². The number of nitrogens with zero attached hydrogens (tertiary/aromatic N) is 4. The lowest BCUT2D eigenvalue weighted by molar-refractivity contribution is 0.0944. The van der Waals surface area contributed by atoms with Gasteiger partial charge in [-0.15, -0.1) is 0 Å². The maximum atomic E-state index is 6.12. The second kappa shape index (κ2) is 7.37. The maximum absolute atomic E-state index is 6.12. The van der Waals surface area contributed by atoms with E-state index in [4.69, 9.17) is 4.74 Å². The van der Waals surface area contributed by atoms with Crippen molar-refractivity contribution in [2.24, 2.45) is 7.05 Å². The normalized spacial score (nSPS) is 24.3. The monoisotopic (exact) mass is 355 g/mol. The van der Waals surface area contributed by atoms with E-state index in [0.717, 1.165) is 50.5 Å². The van der Waals surface area contributed by atoms with E-state index in [1.165, 1.54) is 11.3 Å². The van der Waals surface area contributed by atoms with Gasteiger partial charge in [-0.1, -0.05) is 6.07 Å². The Morgan fingerprint density at radius 1 is 1.15 bits per heavy atom. The highest BCUT2D eigenvalue weighted by Crippen LogP contribution is 2.34. The first-order chi connectivity index (χ1) is 12.6. The van der Waals surface area contributed by atoms with E-state index in [1.54, 1.807) is 0 Å². The highest BCUT2D eigenvalue weighted by Gasteiger charge is 2.35. The van der Waals surface area contributed by atoms with E-state index in [2.05, 4.69) is 46.3 Å². The Morgan fingerprint density at radius 3 is 2.62 bits per heavy atom. The number of hydrogen-bond donors (Lipinski definition) is 1. The van der Waals surface area contributed by atoms with Gasteiger partial charge < -0.3 is 15.0 Å². The van der Waals surface area contributed by atoms with Crippen molar-refractivity contribution in [2.75, 3.05) is 24.6 Å². The zero-order valence-electron chi connectivity index (χ0n) is 16.0. The molecule has 0 aliphatic carbocycles. The molecule has 0 bridgehead atoms. The Kier molecular flexibility index (Phi) is 4.96. The largest absolute Gasteiger partial charge is 0.372 e. The number of nitrogens with one attached hydrogen (secondary N) is 1. The highest BCUT2D eigenvalue weighted by atomic mass is 16.5. The van der Waals surface area contributed by atoms with E-state index in [0.29, 0.717) is 12.1 Å². The quantitative estimate of drug-likeness (QED) is 0.913. The Morgan fingerprint density at radius 2 is 1.96 bits per heavy atom. The summed E-state index contributed by atoms with van der Waals surface area (Å²) in [5, 5.41) is 8.47. The zero-order chi connectivity index (χ0) is 18.1. The molecule has 140 valence electrons. The molecule has 26 heavy (non-hydrogen) atoms. The fourth-order valence-electron chi connectivity index (χ4n) is 4.37. The molecule has 0 radical (unpaired) electrons. The molecule has 2 atom stereocenters. The van der Waals surface area contributed by atoms with Gasteiger partial charge in [-0.25, -0.2) is 4.98 Å². The zero-order valence-corrected chi connectivity index (χ0v) is 16.0. The molecule has 0 aromatic carbocycles. The number of pyridine rings is 1. The summed E-state index contributed by atoms with van der Waals surface area (Å²) in [6.07, 6.45) is 5.35. The molecule has 6 heteroatoms. The van der Waals surface area contributed by atoms with Crippen LogP contribution in [0.1, 0.15) is 42.3 Å². The summed E-state index contributed by atoms with van der Waals surface area (Å²) in [7, 11) is 2.01. The van der Waals surface area contributed by atoms with Crippen molar-refractivity contribution in [2.45, 2.75) is 51.3 Å². The first-order valence-electron chi connectivity index (χ1n) is 9.67. The third-order valence-corrected chi connectivity index (χ3v) is 5.86. The molecule has 0 saturated carbocycles. The van der Waals surface area contributed by atoms with Crippen LogP contribution in [0, 0.1) is 13.8 Å². The van der Waals surface area contributed by atoms with Crippen LogP contribution in [0.5, 0.6) is 0 Å². The number of piperidine rings is 1. The lowest BCUT2D eigenvalue weighted by Crippen LogP contribution is -2.47. The van der Waals surface area contributed by atoms with Crippen LogP contribution in [0.4, 0.5) is 5.82 Å². The van der Waals surface area contributed by atoms with Gasteiger partial charge in [0, 0.05) is 56.3 Å². The van der Waals surface area contributed by atoms with E-state index < -0.39 is 0 Å². The van der Waals surface area contributed by atoms with Crippen LogP contribution in [-0.4, -0.2) is 46.5 Å². The van der Waals surface area contributed by atoms with Crippen molar-refractivity contribution in [3.05, 3.63) is 41.3 Å². The Balaban J connectivity index is 1.38. The van der Waals surface area contributed by atoms with Crippen LogP contribution >= 0.6 is 0 Å². The molecule has 2 fully saturated rings. The predicted molar refractivity (Wildman–Crippen MR) is 102 cm³/mol. The molecule has 0 amide bonds. The summed E-state index contributed by atoms with van der Waals surface area (Å²) in [4.78, 5) is 6.87. The van der Waals surface area contributed by atoms with Gasteiger partial charge in [0.25, 0.3) is 0 Å². The number of hydrogen-bond acceptors (Lipinski definition) is 5. The number of aromatic nitrogens is 3.